The Kier molecular flexibility index (Phi) is 2.31. The molecule has 1 aliphatic carbocycles. The number of rotatable bonds is 3. The molecule has 0 aliphatic heterocycles. The van der Waals surface area contributed by atoms with E-state index >= 15 is 0 Å². The molecule has 1 aromatic heterocycles. The van der Waals surface area contributed by atoms with Gasteiger partial charge in [-0.25, -0.2) is 0 Å². The Morgan fingerprint density at radius 2 is 2.00 bits per heavy atom. The lowest BCUT2D eigenvalue weighted by molar-refractivity contribution is -0.0981. The van der Waals surface area contributed by atoms with Crippen molar-refractivity contribution >= 4 is 0 Å². The Morgan fingerprint density at radius 3 is 2.50 bits per heavy atom. The maximum atomic E-state index is 10.1. The number of nitrogens with zero attached hydrogens (tertiary/aromatic N) is 3. The average Bonchev–Trinajstić information content (AvgIpc) is 2.51. The molecule has 0 bridgehead atoms. The fraction of sp³-hybridized carbons (Fsp3) is 0.800. The van der Waals surface area contributed by atoms with Crippen molar-refractivity contribution in [3.05, 3.63) is 12.7 Å². The molecule has 0 radical (unpaired) electrons. The summed E-state index contributed by atoms with van der Waals surface area (Å²) in [6.45, 7) is 5.05. The van der Waals surface area contributed by atoms with Gasteiger partial charge in [0.1, 0.15) is 12.7 Å². The largest absolute Gasteiger partial charge is 0.388 e. The van der Waals surface area contributed by atoms with Crippen LogP contribution >= 0.6 is 0 Å². The van der Waals surface area contributed by atoms with E-state index in [9.17, 15) is 5.11 Å². The normalized spacial score (nSPS) is 31.9. The molecule has 1 saturated carbocycles. The molecule has 1 aliphatic rings. The molecule has 0 saturated heterocycles. The van der Waals surface area contributed by atoms with Gasteiger partial charge in [0, 0.05) is 0 Å². The molecular weight excluding hydrogens is 178 g/mol. The van der Waals surface area contributed by atoms with Gasteiger partial charge in [-0.05, 0) is 24.7 Å². The third-order valence-corrected chi connectivity index (χ3v) is 3.17. The fourth-order valence-corrected chi connectivity index (χ4v) is 2.16. The van der Waals surface area contributed by atoms with Gasteiger partial charge >= 0.3 is 0 Å². The molecule has 1 heterocycles. The van der Waals surface area contributed by atoms with Gasteiger partial charge in [0.25, 0.3) is 0 Å². The van der Waals surface area contributed by atoms with Crippen LogP contribution in [0, 0.1) is 11.8 Å². The van der Waals surface area contributed by atoms with E-state index in [1.807, 2.05) is 4.57 Å². The average molecular weight is 195 g/mol. The summed E-state index contributed by atoms with van der Waals surface area (Å²) in [6.07, 6.45) is 5.12. The van der Waals surface area contributed by atoms with Crippen molar-refractivity contribution in [3.63, 3.8) is 0 Å². The Balaban J connectivity index is 1.89. The summed E-state index contributed by atoms with van der Waals surface area (Å²) in [6, 6.07) is 0. The SMILES string of the molecule is CC(C)C1CC(O)(Cn2cnnc2)C1. The Labute approximate surface area is 84.0 Å². The van der Waals surface area contributed by atoms with Crippen LogP contribution in [0.5, 0.6) is 0 Å². The summed E-state index contributed by atoms with van der Waals surface area (Å²) in [4.78, 5) is 0. The quantitative estimate of drug-likeness (QED) is 0.785. The molecule has 0 atom stereocenters. The van der Waals surface area contributed by atoms with E-state index in [1.54, 1.807) is 12.7 Å². The monoisotopic (exact) mass is 195 g/mol. The van der Waals surface area contributed by atoms with Crippen LogP contribution in [-0.4, -0.2) is 25.5 Å². The van der Waals surface area contributed by atoms with Crippen LogP contribution in [-0.2, 0) is 6.54 Å². The van der Waals surface area contributed by atoms with Crippen LogP contribution < -0.4 is 0 Å². The molecule has 4 heteroatoms. The van der Waals surface area contributed by atoms with Gasteiger partial charge in [-0.15, -0.1) is 10.2 Å². The summed E-state index contributed by atoms with van der Waals surface area (Å²) in [7, 11) is 0. The zero-order valence-corrected chi connectivity index (χ0v) is 8.72. The minimum atomic E-state index is -0.517. The van der Waals surface area contributed by atoms with E-state index in [4.69, 9.17) is 0 Å². The summed E-state index contributed by atoms with van der Waals surface area (Å²) >= 11 is 0. The Hall–Kier alpha value is -0.900. The molecule has 0 amide bonds. The van der Waals surface area contributed by atoms with Crippen LogP contribution in [0.4, 0.5) is 0 Å². The zero-order valence-electron chi connectivity index (χ0n) is 8.72. The first-order valence-corrected chi connectivity index (χ1v) is 5.14. The standard InChI is InChI=1S/C10H17N3O/c1-8(2)9-3-10(14,4-9)5-13-6-11-12-7-13/h6-9,14H,3-5H2,1-2H3. The topological polar surface area (TPSA) is 50.9 Å². The van der Waals surface area contributed by atoms with E-state index in [2.05, 4.69) is 24.0 Å². The Morgan fingerprint density at radius 1 is 1.43 bits per heavy atom. The molecule has 2 rings (SSSR count). The predicted molar refractivity (Wildman–Crippen MR) is 52.5 cm³/mol. The summed E-state index contributed by atoms with van der Waals surface area (Å²) in [5.74, 6) is 1.35. The first kappa shape index (κ1) is 9.65. The maximum Gasteiger partial charge on any atom is 0.119 e. The predicted octanol–water partition coefficient (Wildman–Crippen LogP) is 1.08. The molecule has 1 aromatic rings. The van der Waals surface area contributed by atoms with E-state index < -0.39 is 5.60 Å². The molecule has 1 fully saturated rings. The van der Waals surface area contributed by atoms with Gasteiger partial charge in [0.2, 0.25) is 0 Å². The Bertz CT molecular complexity index is 288. The highest BCUT2D eigenvalue weighted by atomic mass is 16.3. The number of aromatic nitrogens is 3. The summed E-state index contributed by atoms with van der Waals surface area (Å²) in [5, 5.41) is 17.6. The van der Waals surface area contributed by atoms with Gasteiger partial charge < -0.3 is 9.67 Å². The van der Waals surface area contributed by atoms with E-state index in [1.165, 1.54) is 0 Å². The van der Waals surface area contributed by atoms with Crippen molar-refractivity contribution in [3.8, 4) is 0 Å². The first-order chi connectivity index (χ1) is 6.59. The molecule has 0 spiro atoms. The molecule has 4 nitrogen and oxygen atoms in total. The lowest BCUT2D eigenvalue weighted by Crippen LogP contribution is -2.48. The second-order valence-electron chi connectivity index (χ2n) is 4.77. The number of aliphatic hydroxyl groups is 1. The van der Waals surface area contributed by atoms with Crippen molar-refractivity contribution < 1.29 is 5.11 Å². The second-order valence-corrected chi connectivity index (χ2v) is 4.77. The lowest BCUT2D eigenvalue weighted by atomic mass is 9.66. The van der Waals surface area contributed by atoms with Crippen molar-refractivity contribution in [2.24, 2.45) is 11.8 Å². The first-order valence-electron chi connectivity index (χ1n) is 5.14. The molecule has 1 N–H and O–H groups in total. The lowest BCUT2D eigenvalue weighted by Gasteiger charge is -2.45. The van der Waals surface area contributed by atoms with Gasteiger partial charge in [0.15, 0.2) is 0 Å². The summed E-state index contributed by atoms with van der Waals surface area (Å²) in [5.41, 5.74) is -0.517. The van der Waals surface area contributed by atoms with E-state index in [0.717, 1.165) is 12.8 Å². The van der Waals surface area contributed by atoms with Crippen LogP contribution in [0.25, 0.3) is 0 Å². The second kappa shape index (κ2) is 3.35. The highest BCUT2D eigenvalue weighted by Crippen LogP contribution is 2.42. The highest BCUT2D eigenvalue weighted by molar-refractivity contribution is 4.95. The molecular formula is C10H17N3O. The minimum absolute atomic E-state index is 0.517. The zero-order chi connectivity index (χ0) is 10.2. The van der Waals surface area contributed by atoms with Crippen molar-refractivity contribution in [2.45, 2.75) is 38.8 Å². The van der Waals surface area contributed by atoms with Gasteiger partial charge in [-0.2, -0.15) is 0 Å². The third-order valence-electron chi connectivity index (χ3n) is 3.17. The van der Waals surface area contributed by atoms with Gasteiger partial charge in [-0.1, -0.05) is 13.8 Å². The highest BCUT2D eigenvalue weighted by Gasteiger charge is 2.43. The summed E-state index contributed by atoms with van der Waals surface area (Å²) < 4.78 is 1.84. The smallest absolute Gasteiger partial charge is 0.119 e. The maximum absolute atomic E-state index is 10.1. The van der Waals surface area contributed by atoms with Crippen LogP contribution in [0.2, 0.25) is 0 Å². The van der Waals surface area contributed by atoms with Crippen LogP contribution in [0.15, 0.2) is 12.7 Å². The van der Waals surface area contributed by atoms with Gasteiger partial charge in [0.05, 0.1) is 12.1 Å². The fourth-order valence-electron chi connectivity index (χ4n) is 2.16. The van der Waals surface area contributed by atoms with E-state index in [0.29, 0.717) is 18.4 Å². The molecule has 78 valence electrons. The van der Waals surface area contributed by atoms with Gasteiger partial charge in [-0.3, -0.25) is 0 Å². The number of hydrogen-bond acceptors (Lipinski definition) is 3. The number of hydrogen-bond donors (Lipinski definition) is 1. The van der Waals surface area contributed by atoms with Crippen LogP contribution in [0.1, 0.15) is 26.7 Å². The van der Waals surface area contributed by atoms with Crippen molar-refractivity contribution in [2.75, 3.05) is 0 Å². The minimum Gasteiger partial charge on any atom is -0.388 e. The van der Waals surface area contributed by atoms with Crippen molar-refractivity contribution in [1.82, 2.24) is 14.8 Å². The van der Waals surface area contributed by atoms with Crippen LogP contribution in [0.3, 0.4) is 0 Å². The molecule has 14 heavy (non-hydrogen) atoms. The molecule has 0 aromatic carbocycles. The van der Waals surface area contributed by atoms with E-state index in [-0.39, 0.29) is 0 Å². The molecule has 0 unspecified atom stereocenters. The van der Waals surface area contributed by atoms with Crippen molar-refractivity contribution in [1.29, 1.82) is 0 Å². The third kappa shape index (κ3) is 1.80.